The van der Waals surface area contributed by atoms with Crippen LogP contribution in [-0.2, 0) is 9.53 Å². The van der Waals surface area contributed by atoms with Crippen molar-refractivity contribution in [2.24, 2.45) is 4.99 Å². The summed E-state index contributed by atoms with van der Waals surface area (Å²) in [6, 6.07) is 1.56. The number of ether oxygens (including phenoxy) is 1. The van der Waals surface area contributed by atoms with Crippen LogP contribution in [0, 0.1) is 0 Å². The molecule has 1 rings (SSSR count). The van der Waals surface area contributed by atoms with Crippen LogP contribution in [-0.4, -0.2) is 19.2 Å². The summed E-state index contributed by atoms with van der Waals surface area (Å²) in [5.74, 6) is -0.487. The van der Waals surface area contributed by atoms with E-state index in [4.69, 9.17) is 0 Å². The monoisotopic (exact) mass is 183 g/mol. The molecule has 0 bridgehead atoms. The third-order valence-corrected chi connectivity index (χ3v) is 2.07. The average molecular weight is 183 g/mol. The Balaban J connectivity index is 3.06. The van der Waals surface area contributed by atoms with Gasteiger partial charge in [-0.05, 0) is 11.4 Å². The highest BCUT2D eigenvalue weighted by atomic mass is 32.1. The Bertz CT molecular complexity index is 338. The summed E-state index contributed by atoms with van der Waals surface area (Å²) in [5, 5.41) is 1.66. The number of thiophene rings is 1. The third-order valence-electron chi connectivity index (χ3n) is 1.18. The summed E-state index contributed by atoms with van der Waals surface area (Å²) >= 11 is 1.17. The fraction of sp³-hybridized carbons (Fsp3) is 0.143. The molecule has 5 heteroatoms. The Morgan fingerprint density at radius 2 is 2.50 bits per heavy atom. The van der Waals surface area contributed by atoms with E-state index in [-0.39, 0.29) is 0 Å². The van der Waals surface area contributed by atoms with Crippen LogP contribution >= 0.6 is 11.3 Å². The first kappa shape index (κ1) is 8.64. The van der Waals surface area contributed by atoms with Gasteiger partial charge in [-0.25, -0.2) is 9.59 Å². The van der Waals surface area contributed by atoms with E-state index >= 15 is 0 Å². The molecule has 0 radical (unpaired) electrons. The van der Waals surface area contributed by atoms with Crippen molar-refractivity contribution in [2.75, 3.05) is 7.11 Å². The van der Waals surface area contributed by atoms with E-state index in [2.05, 4.69) is 9.73 Å². The van der Waals surface area contributed by atoms with E-state index in [1.165, 1.54) is 24.5 Å². The van der Waals surface area contributed by atoms with E-state index in [1.54, 1.807) is 11.4 Å². The second-order valence-corrected chi connectivity index (χ2v) is 2.75. The molecular formula is C7H5NO3S. The maximum atomic E-state index is 11.0. The van der Waals surface area contributed by atoms with Gasteiger partial charge in [0.25, 0.3) is 0 Å². The van der Waals surface area contributed by atoms with Crippen molar-refractivity contribution < 1.29 is 14.3 Å². The number of rotatable bonds is 2. The van der Waals surface area contributed by atoms with Crippen molar-refractivity contribution in [1.82, 2.24) is 0 Å². The highest BCUT2D eigenvalue weighted by molar-refractivity contribution is 7.12. The quantitative estimate of drug-likeness (QED) is 0.396. The molecule has 0 saturated heterocycles. The summed E-state index contributed by atoms with van der Waals surface area (Å²) in [6.07, 6.45) is 1.36. The molecule has 12 heavy (non-hydrogen) atoms. The molecule has 0 fully saturated rings. The zero-order valence-corrected chi connectivity index (χ0v) is 7.05. The molecule has 0 aromatic carbocycles. The smallest absolute Gasteiger partial charge is 0.350 e. The summed E-state index contributed by atoms with van der Waals surface area (Å²) in [5.41, 5.74) is 0.307. The average Bonchev–Trinajstić information content (AvgIpc) is 2.52. The van der Waals surface area contributed by atoms with Crippen molar-refractivity contribution in [2.45, 2.75) is 0 Å². The molecule has 1 aromatic heterocycles. The van der Waals surface area contributed by atoms with E-state index in [9.17, 15) is 9.59 Å². The predicted octanol–water partition coefficient (Wildman–Crippen LogP) is 1.50. The van der Waals surface area contributed by atoms with Crippen LogP contribution in [0.5, 0.6) is 0 Å². The third kappa shape index (κ3) is 1.58. The number of carbonyl (C=O) groups excluding carboxylic acids is 2. The number of carbonyl (C=O) groups is 1. The predicted molar refractivity (Wildman–Crippen MR) is 43.4 cm³/mol. The zero-order chi connectivity index (χ0) is 8.97. The molecule has 0 amide bonds. The molecule has 62 valence electrons. The number of nitrogens with zero attached hydrogens (tertiary/aromatic N) is 1. The minimum absolute atomic E-state index is 0.307. The van der Waals surface area contributed by atoms with Gasteiger partial charge >= 0.3 is 5.97 Å². The van der Waals surface area contributed by atoms with Gasteiger partial charge in [0, 0.05) is 0 Å². The minimum atomic E-state index is -0.487. The SMILES string of the molecule is COC(=O)c1sccc1N=C=O. The number of hydrogen-bond acceptors (Lipinski definition) is 5. The first-order valence-corrected chi connectivity index (χ1v) is 3.91. The molecule has 4 nitrogen and oxygen atoms in total. The van der Waals surface area contributed by atoms with Gasteiger partial charge in [0.1, 0.15) is 10.6 Å². The van der Waals surface area contributed by atoms with Crippen LogP contribution in [0.3, 0.4) is 0 Å². The highest BCUT2D eigenvalue weighted by Gasteiger charge is 2.12. The van der Waals surface area contributed by atoms with Crippen molar-refractivity contribution in [3.05, 3.63) is 16.3 Å². The molecule has 0 saturated carbocycles. The van der Waals surface area contributed by atoms with Crippen LogP contribution in [0.4, 0.5) is 5.69 Å². The van der Waals surface area contributed by atoms with Gasteiger partial charge in [-0.1, -0.05) is 0 Å². The second kappa shape index (κ2) is 3.80. The van der Waals surface area contributed by atoms with Crippen LogP contribution in [0.15, 0.2) is 16.4 Å². The molecule has 1 aromatic rings. The first-order chi connectivity index (χ1) is 5.79. The highest BCUT2D eigenvalue weighted by Crippen LogP contribution is 2.25. The van der Waals surface area contributed by atoms with Crippen molar-refractivity contribution in [3.63, 3.8) is 0 Å². The largest absolute Gasteiger partial charge is 0.465 e. The Morgan fingerprint density at radius 1 is 1.75 bits per heavy atom. The summed E-state index contributed by atoms with van der Waals surface area (Å²) in [4.78, 5) is 24.5. The summed E-state index contributed by atoms with van der Waals surface area (Å²) < 4.78 is 4.46. The molecular weight excluding hydrogens is 178 g/mol. The Labute approximate surface area is 72.5 Å². The Hall–Kier alpha value is -1.45. The van der Waals surface area contributed by atoms with Gasteiger partial charge in [-0.15, -0.1) is 11.3 Å². The number of aliphatic imine (C=N–C) groups is 1. The maximum absolute atomic E-state index is 11.0. The minimum Gasteiger partial charge on any atom is -0.465 e. The number of hydrogen-bond donors (Lipinski definition) is 0. The summed E-state index contributed by atoms with van der Waals surface area (Å²) in [7, 11) is 1.27. The molecule has 0 aliphatic rings. The molecule has 1 heterocycles. The lowest BCUT2D eigenvalue weighted by Crippen LogP contribution is -1.97. The van der Waals surface area contributed by atoms with Gasteiger partial charge in [-0.2, -0.15) is 4.99 Å². The maximum Gasteiger partial charge on any atom is 0.350 e. The number of esters is 1. The molecule has 0 unspecified atom stereocenters. The van der Waals surface area contributed by atoms with E-state index in [0.717, 1.165) is 0 Å². The molecule has 0 spiro atoms. The van der Waals surface area contributed by atoms with Gasteiger partial charge in [0.05, 0.1) is 7.11 Å². The number of methoxy groups -OCH3 is 1. The molecule has 0 aliphatic carbocycles. The van der Waals surface area contributed by atoms with Crippen LogP contribution in [0.1, 0.15) is 9.67 Å². The van der Waals surface area contributed by atoms with Gasteiger partial charge in [0.15, 0.2) is 0 Å². The fourth-order valence-corrected chi connectivity index (χ4v) is 1.43. The Morgan fingerprint density at radius 3 is 3.08 bits per heavy atom. The first-order valence-electron chi connectivity index (χ1n) is 3.03. The van der Waals surface area contributed by atoms with E-state index in [0.29, 0.717) is 10.6 Å². The lowest BCUT2D eigenvalue weighted by atomic mass is 10.4. The van der Waals surface area contributed by atoms with Gasteiger partial charge in [0.2, 0.25) is 6.08 Å². The van der Waals surface area contributed by atoms with Crippen LogP contribution < -0.4 is 0 Å². The Kier molecular flexibility index (Phi) is 2.74. The van der Waals surface area contributed by atoms with E-state index in [1.807, 2.05) is 0 Å². The molecule has 0 N–H and O–H groups in total. The van der Waals surface area contributed by atoms with Gasteiger partial charge < -0.3 is 4.74 Å². The number of isocyanates is 1. The van der Waals surface area contributed by atoms with Gasteiger partial charge in [-0.3, -0.25) is 0 Å². The van der Waals surface area contributed by atoms with Crippen molar-refractivity contribution in [3.8, 4) is 0 Å². The standard InChI is InChI=1S/C7H5NO3S/c1-11-7(10)6-5(8-4-9)2-3-12-6/h2-3H,1H3. The topological polar surface area (TPSA) is 55.7 Å². The lowest BCUT2D eigenvalue weighted by Gasteiger charge is -1.93. The van der Waals surface area contributed by atoms with Crippen LogP contribution in [0.2, 0.25) is 0 Å². The summed E-state index contributed by atoms with van der Waals surface area (Å²) in [6.45, 7) is 0. The zero-order valence-electron chi connectivity index (χ0n) is 6.23. The normalized spacial score (nSPS) is 8.75. The van der Waals surface area contributed by atoms with E-state index < -0.39 is 5.97 Å². The fourth-order valence-electron chi connectivity index (χ4n) is 0.685. The van der Waals surface area contributed by atoms with Crippen LogP contribution in [0.25, 0.3) is 0 Å². The molecule has 0 aliphatic heterocycles. The molecule has 0 atom stereocenters. The lowest BCUT2D eigenvalue weighted by molar-refractivity contribution is 0.0607. The second-order valence-electron chi connectivity index (χ2n) is 1.83. The van der Waals surface area contributed by atoms with Crippen molar-refractivity contribution in [1.29, 1.82) is 0 Å². The van der Waals surface area contributed by atoms with Crippen molar-refractivity contribution >= 4 is 29.1 Å².